The van der Waals surface area contributed by atoms with Gasteiger partial charge < -0.3 is 9.47 Å². The zero-order valence-corrected chi connectivity index (χ0v) is 7.91. The summed E-state index contributed by atoms with van der Waals surface area (Å²) in [6, 6.07) is 0. The van der Waals surface area contributed by atoms with Crippen LogP contribution in [0.1, 0.15) is 27.2 Å². The molecule has 0 aromatic heterocycles. The number of rotatable bonds is 0. The van der Waals surface area contributed by atoms with Crippen molar-refractivity contribution in [2.75, 3.05) is 0 Å². The molecule has 0 bridgehead atoms. The van der Waals surface area contributed by atoms with E-state index in [-0.39, 0.29) is 5.79 Å². The Hall–Kier alpha value is -0.0800. The molecule has 0 aromatic carbocycles. The highest BCUT2D eigenvalue weighted by molar-refractivity contribution is 5.11. The molecular formula is C10H16O2. The van der Waals surface area contributed by atoms with E-state index in [2.05, 4.69) is 6.92 Å². The molecule has 2 nitrogen and oxygen atoms in total. The van der Waals surface area contributed by atoms with Gasteiger partial charge in [-0.1, -0.05) is 6.92 Å². The van der Waals surface area contributed by atoms with Crippen LogP contribution in [0.3, 0.4) is 0 Å². The lowest BCUT2D eigenvalue weighted by Crippen LogP contribution is -2.22. The van der Waals surface area contributed by atoms with Crippen molar-refractivity contribution < 1.29 is 9.47 Å². The molecule has 2 saturated carbocycles. The number of hydrogen-bond donors (Lipinski definition) is 0. The van der Waals surface area contributed by atoms with Crippen LogP contribution in [0.25, 0.3) is 0 Å². The number of fused-ring (bicyclic) bond motifs is 3. The maximum absolute atomic E-state index is 5.87. The van der Waals surface area contributed by atoms with Crippen LogP contribution < -0.4 is 0 Å². The molecule has 2 aliphatic carbocycles. The van der Waals surface area contributed by atoms with E-state index in [1.165, 1.54) is 6.42 Å². The number of hydrogen-bond acceptors (Lipinski definition) is 2. The Bertz CT molecular complexity index is 224. The lowest BCUT2D eigenvalue weighted by molar-refractivity contribution is -0.152. The molecule has 0 N–H and O–H groups in total. The normalized spacial score (nSPS) is 59.8. The smallest absolute Gasteiger partial charge is 0.163 e. The van der Waals surface area contributed by atoms with Gasteiger partial charge in [0.05, 0.1) is 12.2 Å². The maximum atomic E-state index is 5.87. The van der Waals surface area contributed by atoms with Crippen molar-refractivity contribution in [3.63, 3.8) is 0 Å². The van der Waals surface area contributed by atoms with Crippen LogP contribution in [-0.4, -0.2) is 18.0 Å². The van der Waals surface area contributed by atoms with Gasteiger partial charge in [-0.15, -0.1) is 0 Å². The topological polar surface area (TPSA) is 18.5 Å². The van der Waals surface area contributed by atoms with Gasteiger partial charge in [0.15, 0.2) is 5.79 Å². The van der Waals surface area contributed by atoms with Gasteiger partial charge in [-0.2, -0.15) is 0 Å². The van der Waals surface area contributed by atoms with Gasteiger partial charge in [-0.3, -0.25) is 0 Å². The molecule has 0 amide bonds. The van der Waals surface area contributed by atoms with Crippen LogP contribution in [0.5, 0.6) is 0 Å². The van der Waals surface area contributed by atoms with Crippen molar-refractivity contribution in [1.82, 2.24) is 0 Å². The summed E-state index contributed by atoms with van der Waals surface area (Å²) in [6.07, 6.45) is 2.06. The van der Waals surface area contributed by atoms with E-state index in [1.807, 2.05) is 13.8 Å². The van der Waals surface area contributed by atoms with E-state index >= 15 is 0 Å². The standard InChI is InChI=1S/C10H16O2/c1-5-6-4-7-9(8(5)6)12-10(2,3)11-7/h5-9H,4H2,1-3H3. The molecule has 3 rings (SSSR count). The number of ether oxygens (including phenoxy) is 2. The third-order valence-electron chi connectivity index (χ3n) is 3.74. The molecular weight excluding hydrogens is 152 g/mol. The van der Waals surface area contributed by atoms with Crippen LogP contribution in [-0.2, 0) is 9.47 Å². The zero-order chi connectivity index (χ0) is 8.51. The Morgan fingerprint density at radius 1 is 1.25 bits per heavy atom. The van der Waals surface area contributed by atoms with Crippen LogP contribution in [0.15, 0.2) is 0 Å². The molecule has 5 atom stereocenters. The molecule has 1 saturated heterocycles. The fourth-order valence-corrected chi connectivity index (χ4v) is 3.13. The highest BCUT2D eigenvalue weighted by Gasteiger charge is 2.64. The quantitative estimate of drug-likeness (QED) is 0.549. The van der Waals surface area contributed by atoms with Gasteiger partial charge in [-0.25, -0.2) is 0 Å². The summed E-state index contributed by atoms with van der Waals surface area (Å²) in [5, 5.41) is 0. The van der Waals surface area contributed by atoms with E-state index in [4.69, 9.17) is 9.47 Å². The monoisotopic (exact) mass is 168 g/mol. The summed E-state index contributed by atoms with van der Waals surface area (Å²) in [5.41, 5.74) is 0. The second-order valence-corrected chi connectivity index (χ2v) is 4.97. The minimum Gasteiger partial charge on any atom is -0.345 e. The summed E-state index contributed by atoms with van der Waals surface area (Å²) in [6.45, 7) is 6.38. The minimum atomic E-state index is -0.317. The lowest BCUT2D eigenvalue weighted by atomic mass is 10.1. The Morgan fingerprint density at radius 2 is 2.00 bits per heavy atom. The van der Waals surface area contributed by atoms with Gasteiger partial charge in [0.2, 0.25) is 0 Å². The third kappa shape index (κ3) is 0.775. The average molecular weight is 168 g/mol. The predicted octanol–water partition coefficient (Wildman–Crippen LogP) is 1.79. The molecule has 5 unspecified atom stereocenters. The average Bonchev–Trinajstić information content (AvgIpc) is 2.34. The molecule has 0 spiro atoms. The third-order valence-corrected chi connectivity index (χ3v) is 3.74. The zero-order valence-electron chi connectivity index (χ0n) is 7.91. The van der Waals surface area contributed by atoms with E-state index in [9.17, 15) is 0 Å². The molecule has 12 heavy (non-hydrogen) atoms. The van der Waals surface area contributed by atoms with Crippen molar-refractivity contribution in [2.45, 2.75) is 45.2 Å². The lowest BCUT2D eigenvalue weighted by Gasteiger charge is -2.17. The maximum Gasteiger partial charge on any atom is 0.163 e. The minimum absolute atomic E-state index is 0.317. The van der Waals surface area contributed by atoms with E-state index in [0.717, 1.165) is 17.8 Å². The SMILES string of the molecule is CC1C2CC3OC(C)(C)OC3C12. The highest BCUT2D eigenvalue weighted by atomic mass is 16.8. The van der Waals surface area contributed by atoms with Crippen molar-refractivity contribution in [3.8, 4) is 0 Å². The summed E-state index contributed by atoms with van der Waals surface area (Å²) in [5.74, 6) is 2.31. The van der Waals surface area contributed by atoms with Crippen LogP contribution >= 0.6 is 0 Å². The molecule has 0 aromatic rings. The molecule has 1 heterocycles. The first-order valence-electron chi connectivity index (χ1n) is 4.94. The summed E-state index contributed by atoms with van der Waals surface area (Å²) in [4.78, 5) is 0. The van der Waals surface area contributed by atoms with E-state index in [1.54, 1.807) is 0 Å². The Labute approximate surface area is 73.2 Å². The summed E-state index contributed by atoms with van der Waals surface area (Å²) in [7, 11) is 0. The van der Waals surface area contributed by atoms with Crippen molar-refractivity contribution in [1.29, 1.82) is 0 Å². The van der Waals surface area contributed by atoms with Crippen LogP contribution in [0.4, 0.5) is 0 Å². The summed E-state index contributed by atoms with van der Waals surface area (Å²) >= 11 is 0. The fraction of sp³-hybridized carbons (Fsp3) is 1.00. The van der Waals surface area contributed by atoms with Gasteiger partial charge >= 0.3 is 0 Å². The van der Waals surface area contributed by atoms with Gasteiger partial charge in [0.25, 0.3) is 0 Å². The van der Waals surface area contributed by atoms with Gasteiger partial charge in [-0.05, 0) is 38.0 Å². The molecule has 0 radical (unpaired) electrons. The molecule has 3 aliphatic rings. The van der Waals surface area contributed by atoms with Gasteiger partial charge in [0, 0.05) is 0 Å². The first-order valence-corrected chi connectivity index (χ1v) is 4.94. The largest absolute Gasteiger partial charge is 0.345 e. The Balaban J connectivity index is 1.81. The Morgan fingerprint density at radius 3 is 2.75 bits per heavy atom. The molecule has 2 heteroatoms. The highest BCUT2D eigenvalue weighted by Crippen LogP contribution is 2.61. The van der Waals surface area contributed by atoms with E-state index in [0.29, 0.717) is 12.2 Å². The first kappa shape index (κ1) is 7.34. The first-order chi connectivity index (χ1) is 5.58. The van der Waals surface area contributed by atoms with Crippen LogP contribution in [0, 0.1) is 17.8 Å². The molecule has 3 fully saturated rings. The second kappa shape index (κ2) is 1.88. The fourth-order valence-electron chi connectivity index (χ4n) is 3.13. The van der Waals surface area contributed by atoms with E-state index < -0.39 is 0 Å². The Kier molecular flexibility index (Phi) is 1.15. The molecule has 1 aliphatic heterocycles. The summed E-state index contributed by atoms with van der Waals surface area (Å²) < 4.78 is 11.7. The van der Waals surface area contributed by atoms with Crippen LogP contribution in [0.2, 0.25) is 0 Å². The van der Waals surface area contributed by atoms with Crippen molar-refractivity contribution >= 4 is 0 Å². The van der Waals surface area contributed by atoms with Crippen molar-refractivity contribution in [3.05, 3.63) is 0 Å². The second-order valence-electron chi connectivity index (χ2n) is 4.97. The van der Waals surface area contributed by atoms with Crippen molar-refractivity contribution in [2.24, 2.45) is 17.8 Å². The van der Waals surface area contributed by atoms with Gasteiger partial charge in [0.1, 0.15) is 0 Å². The predicted molar refractivity (Wildman–Crippen MR) is 44.6 cm³/mol. The molecule has 68 valence electrons.